The number of esters is 1. The van der Waals surface area contributed by atoms with Gasteiger partial charge in [-0.05, 0) is 31.7 Å². The summed E-state index contributed by atoms with van der Waals surface area (Å²) < 4.78 is 4.98. The first-order valence-corrected chi connectivity index (χ1v) is 6.41. The number of hydrogen-bond acceptors (Lipinski definition) is 4. The molecule has 0 aliphatic heterocycles. The van der Waals surface area contributed by atoms with Crippen LogP contribution in [-0.2, 0) is 16.1 Å². The maximum atomic E-state index is 11.5. The zero-order valence-electron chi connectivity index (χ0n) is 11.7. The van der Waals surface area contributed by atoms with Crippen molar-refractivity contribution in [3.05, 3.63) is 35.4 Å². The number of ether oxygens (including phenoxy) is 1. The van der Waals surface area contributed by atoms with E-state index in [-0.39, 0.29) is 11.9 Å². The first-order valence-electron chi connectivity index (χ1n) is 6.41. The van der Waals surface area contributed by atoms with E-state index in [0.717, 1.165) is 5.56 Å². The molecule has 1 unspecified atom stereocenters. The lowest BCUT2D eigenvalue weighted by molar-refractivity contribution is -0.147. The van der Waals surface area contributed by atoms with Gasteiger partial charge in [0.1, 0.15) is 0 Å². The van der Waals surface area contributed by atoms with Crippen molar-refractivity contribution in [2.75, 3.05) is 20.2 Å². The van der Waals surface area contributed by atoms with Crippen molar-refractivity contribution in [1.29, 1.82) is 5.26 Å². The number of nitrogens with zero attached hydrogens (tertiary/aromatic N) is 2. The number of rotatable bonds is 6. The van der Waals surface area contributed by atoms with Crippen LogP contribution in [0.25, 0.3) is 0 Å². The molecule has 0 radical (unpaired) electrons. The van der Waals surface area contributed by atoms with E-state index in [1.807, 2.05) is 39.1 Å². The average Bonchev–Trinajstić information content (AvgIpc) is 2.39. The summed E-state index contributed by atoms with van der Waals surface area (Å²) >= 11 is 0. The van der Waals surface area contributed by atoms with Crippen molar-refractivity contribution < 1.29 is 9.53 Å². The summed E-state index contributed by atoms with van der Waals surface area (Å²) in [6.07, 6.45) is 0. The van der Waals surface area contributed by atoms with Gasteiger partial charge in [0, 0.05) is 13.1 Å². The van der Waals surface area contributed by atoms with Gasteiger partial charge in [-0.25, -0.2) is 0 Å². The van der Waals surface area contributed by atoms with E-state index in [1.165, 1.54) is 0 Å². The monoisotopic (exact) mass is 260 g/mol. The molecule has 102 valence electrons. The minimum absolute atomic E-state index is 0.149. The summed E-state index contributed by atoms with van der Waals surface area (Å²) in [6.45, 7) is 5.42. The summed E-state index contributed by atoms with van der Waals surface area (Å²) in [5, 5.41) is 8.85. The van der Waals surface area contributed by atoms with Crippen LogP contribution >= 0.6 is 0 Å². The highest BCUT2D eigenvalue weighted by atomic mass is 16.5. The molecule has 1 atom stereocenters. The first kappa shape index (κ1) is 15.2. The molecule has 1 aromatic rings. The molecule has 0 fully saturated rings. The highest BCUT2D eigenvalue weighted by Crippen LogP contribution is 2.09. The smallest absolute Gasteiger partial charge is 0.309 e. The topological polar surface area (TPSA) is 53.3 Å². The summed E-state index contributed by atoms with van der Waals surface area (Å²) in [5.74, 6) is -0.316. The molecule has 0 aromatic heterocycles. The van der Waals surface area contributed by atoms with Crippen molar-refractivity contribution in [1.82, 2.24) is 4.90 Å². The zero-order valence-corrected chi connectivity index (χ0v) is 11.7. The minimum Gasteiger partial charge on any atom is -0.466 e. The summed E-state index contributed by atoms with van der Waals surface area (Å²) in [7, 11) is 1.95. The first-order chi connectivity index (χ1) is 9.06. The summed E-state index contributed by atoms with van der Waals surface area (Å²) in [6, 6.07) is 9.62. The molecule has 4 heteroatoms. The normalized spacial score (nSPS) is 11.9. The van der Waals surface area contributed by atoms with Crippen molar-refractivity contribution in [2.45, 2.75) is 20.4 Å². The molecule has 0 saturated heterocycles. The van der Waals surface area contributed by atoms with Crippen LogP contribution in [0.1, 0.15) is 25.0 Å². The molecule has 0 N–H and O–H groups in total. The lowest BCUT2D eigenvalue weighted by Crippen LogP contribution is -2.29. The molecule has 0 heterocycles. The Labute approximate surface area is 114 Å². The van der Waals surface area contributed by atoms with E-state index in [1.54, 1.807) is 6.07 Å². The predicted molar refractivity (Wildman–Crippen MR) is 73.3 cm³/mol. The van der Waals surface area contributed by atoms with Gasteiger partial charge in [-0.2, -0.15) is 5.26 Å². The number of benzene rings is 1. The Kier molecular flexibility index (Phi) is 6.04. The lowest BCUT2D eigenvalue weighted by atomic mass is 10.1. The third-order valence-corrected chi connectivity index (χ3v) is 2.78. The molecule has 1 aromatic carbocycles. The number of hydrogen-bond donors (Lipinski definition) is 0. The van der Waals surface area contributed by atoms with E-state index in [2.05, 4.69) is 11.0 Å². The van der Waals surface area contributed by atoms with E-state index >= 15 is 0 Å². The molecule has 4 nitrogen and oxygen atoms in total. The fourth-order valence-electron chi connectivity index (χ4n) is 1.94. The number of carbonyl (C=O) groups is 1. The van der Waals surface area contributed by atoms with Crippen molar-refractivity contribution in [3.63, 3.8) is 0 Å². The highest BCUT2D eigenvalue weighted by molar-refractivity contribution is 5.72. The van der Waals surface area contributed by atoms with E-state index < -0.39 is 0 Å². The predicted octanol–water partition coefficient (Wildman–Crippen LogP) is 2.19. The maximum Gasteiger partial charge on any atom is 0.309 e. The van der Waals surface area contributed by atoms with Gasteiger partial charge in [0.15, 0.2) is 0 Å². The number of carbonyl (C=O) groups excluding carboxylic acids is 1. The molecule has 19 heavy (non-hydrogen) atoms. The Morgan fingerprint density at radius 2 is 2.26 bits per heavy atom. The van der Waals surface area contributed by atoms with Crippen molar-refractivity contribution in [2.24, 2.45) is 5.92 Å². The molecule has 0 amide bonds. The van der Waals surface area contributed by atoms with Crippen LogP contribution in [0.3, 0.4) is 0 Å². The van der Waals surface area contributed by atoms with Crippen LogP contribution in [-0.4, -0.2) is 31.1 Å². The van der Waals surface area contributed by atoms with Crippen LogP contribution in [0, 0.1) is 17.2 Å². The molecule has 0 spiro atoms. The van der Waals surface area contributed by atoms with Gasteiger partial charge in [0.2, 0.25) is 0 Å². The minimum atomic E-state index is -0.167. The molecule has 1 rings (SSSR count). The van der Waals surface area contributed by atoms with Gasteiger partial charge >= 0.3 is 5.97 Å². The van der Waals surface area contributed by atoms with Gasteiger partial charge in [-0.3, -0.25) is 4.79 Å². The van der Waals surface area contributed by atoms with Crippen molar-refractivity contribution in [3.8, 4) is 6.07 Å². The lowest BCUT2D eigenvalue weighted by Gasteiger charge is -2.20. The molecular weight excluding hydrogens is 240 g/mol. The van der Waals surface area contributed by atoms with Gasteiger partial charge in [-0.15, -0.1) is 0 Å². The SMILES string of the molecule is CCOC(=O)C(C)CN(C)Cc1cccc(C#N)c1. The van der Waals surface area contributed by atoms with E-state index in [0.29, 0.717) is 25.3 Å². The van der Waals surface area contributed by atoms with Gasteiger partial charge in [0.25, 0.3) is 0 Å². The Morgan fingerprint density at radius 3 is 2.89 bits per heavy atom. The van der Waals surface area contributed by atoms with Crippen LogP contribution in [0.15, 0.2) is 24.3 Å². The molecule has 0 saturated carbocycles. The third-order valence-electron chi connectivity index (χ3n) is 2.78. The second kappa shape index (κ2) is 7.55. The molecule has 0 bridgehead atoms. The fraction of sp³-hybridized carbons (Fsp3) is 0.467. The standard InChI is InChI=1S/C15H20N2O2/c1-4-19-15(18)12(2)10-17(3)11-14-7-5-6-13(8-14)9-16/h5-8,12H,4,10-11H2,1-3H3. The van der Waals surface area contributed by atoms with E-state index in [9.17, 15) is 4.79 Å². The van der Waals surface area contributed by atoms with Crippen LogP contribution in [0.4, 0.5) is 0 Å². The average molecular weight is 260 g/mol. The zero-order chi connectivity index (χ0) is 14.3. The molecular formula is C15H20N2O2. The van der Waals surface area contributed by atoms with Crippen molar-refractivity contribution >= 4 is 5.97 Å². The Balaban J connectivity index is 2.53. The van der Waals surface area contributed by atoms with Crippen LogP contribution in [0.5, 0.6) is 0 Å². The summed E-state index contributed by atoms with van der Waals surface area (Å²) in [4.78, 5) is 13.6. The maximum absolute atomic E-state index is 11.5. The quantitative estimate of drug-likeness (QED) is 0.736. The fourth-order valence-corrected chi connectivity index (χ4v) is 1.94. The Morgan fingerprint density at radius 1 is 1.53 bits per heavy atom. The van der Waals surface area contributed by atoms with Gasteiger partial charge in [0.05, 0.1) is 24.2 Å². The highest BCUT2D eigenvalue weighted by Gasteiger charge is 2.16. The van der Waals surface area contributed by atoms with Crippen LogP contribution < -0.4 is 0 Å². The van der Waals surface area contributed by atoms with Gasteiger partial charge < -0.3 is 9.64 Å². The van der Waals surface area contributed by atoms with E-state index in [4.69, 9.17) is 10.00 Å². The van der Waals surface area contributed by atoms with Crippen LogP contribution in [0.2, 0.25) is 0 Å². The Hall–Kier alpha value is -1.86. The second-order valence-electron chi connectivity index (χ2n) is 4.66. The number of nitriles is 1. The molecule has 0 aliphatic rings. The summed E-state index contributed by atoms with van der Waals surface area (Å²) in [5.41, 5.74) is 1.72. The molecule has 0 aliphatic carbocycles. The largest absolute Gasteiger partial charge is 0.466 e. The second-order valence-corrected chi connectivity index (χ2v) is 4.66. The third kappa shape index (κ3) is 5.11. The Bertz CT molecular complexity index is 465. The van der Waals surface area contributed by atoms with Gasteiger partial charge in [-0.1, -0.05) is 19.1 Å².